The van der Waals surface area contributed by atoms with E-state index in [2.05, 4.69) is 12.2 Å². The lowest BCUT2D eigenvalue weighted by Gasteiger charge is -2.06. The summed E-state index contributed by atoms with van der Waals surface area (Å²) < 4.78 is 10.2. The van der Waals surface area contributed by atoms with Crippen molar-refractivity contribution in [2.45, 2.75) is 123 Å². The molecule has 0 fully saturated rings. The van der Waals surface area contributed by atoms with Crippen LogP contribution < -0.4 is 5.32 Å². The summed E-state index contributed by atoms with van der Waals surface area (Å²) in [5.41, 5.74) is 0. The number of carbonyl (C=O) groups is 2. The number of amides is 1. The summed E-state index contributed by atoms with van der Waals surface area (Å²) in [6.45, 7) is 5.83. The zero-order chi connectivity index (χ0) is 21.4. The Hall–Kier alpha value is -1.26. The average molecular weight is 414 g/mol. The number of unbranched alkanes of at least 4 members (excludes halogenated alkanes) is 13. The maximum absolute atomic E-state index is 11.7. The van der Waals surface area contributed by atoms with Crippen LogP contribution in [0, 0.1) is 0 Å². The van der Waals surface area contributed by atoms with E-state index >= 15 is 0 Å². The van der Waals surface area contributed by atoms with Crippen molar-refractivity contribution in [2.24, 2.45) is 0 Å². The van der Waals surface area contributed by atoms with Gasteiger partial charge in [0.2, 0.25) is 0 Å². The molecule has 5 heteroatoms. The van der Waals surface area contributed by atoms with Gasteiger partial charge in [-0.3, -0.25) is 4.79 Å². The maximum atomic E-state index is 11.7. The van der Waals surface area contributed by atoms with Crippen molar-refractivity contribution in [2.75, 3.05) is 19.8 Å². The number of hydrogen-bond donors (Lipinski definition) is 1. The summed E-state index contributed by atoms with van der Waals surface area (Å²) in [5, 5.41) is 2.71. The molecule has 0 aromatic heterocycles. The van der Waals surface area contributed by atoms with Crippen LogP contribution in [0.25, 0.3) is 0 Å². The second-order valence-electron chi connectivity index (χ2n) is 7.98. The van der Waals surface area contributed by atoms with E-state index in [1.165, 1.54) is 64.2 Å². The third-order valence-electron chi connectivity index (χ3n) is 5.03. The van der Waals surface area contributed by atoms with Crippen LogP contribution in [0.4, 0.5) is 4.79 Å². The van der Waals surface area contributed by atoms with Crippen molar-refractivity contribution in [1.29, 1.82) is 0 Å². The number of esters is 1. The van der Waals surface area contributed by atoms with E-state index in [-0.39, 0.29) is 12.1 Å². The van der Waals surface area contributed by atoms with Crippen LogP contribution in [0.3, 0.4) is 0 Å². The van der Waals surface area contributed by atoms with Gasteiger partial charge in [-0.2, -0.15) is 0 Å². The first-order valence-electron chi connectivity index (χ1n) is 12.3. The monoisotopic (exact) mass is 413 g/mol. The molecular formula is C24H47NO4. The lowest BCUT2D eigenvalue weighted by Crippen LogP contribution is -2.25. The van der Waals surface area contributed by atoms with Crippen molar-refractivity contribution in [3.05, 3.63) is 0 Å². The van der Waals surface area contributed by atoms with E-state index in [0.29, 0.717) is 26.2 Å². The van der Waals surface area contributed by atoms with E-state index in [1.54, 1.807) is 0 Å². The Labute approximate surface area is 179 Å². The molecule has 172 valence electrons. The molecule has 0 saturated carbocycles. The largest absolute Gasteiger partial charge is 0.466 e. The van der Waals surface area contributed by atoms with E-state index in [4.69, 9.17) is 9.47 Å². The van der Waals surface area contributed by atoms with E-state index in [0.717, 1.165) is 38.5 Å². The minimum Gasteiger partial charge on any atom is -0.466 e. The van der Waals surface area contributed by atoms with Gasteiger partial charge in [0.15, 0.2) is 0 Å². The summed E-state index contributed by atoms with van der Waals surface area (Å²) in [4.78, 5) is 22.9. The van der Waals surface area contributed by atoms with Crippen LogP contribution in [-0.4, -0.2) is 31.8 Å². The van der Waals surface area contributed by atoms with Gasteiger partial charge in [0, 0.05) is 13.0 Å². The molecule has 0 bridgehead atoms. The number of hydrogen-bond acceptors (Lipinski definition) is 4. The predicted octanol–water partition coefficient (Wildman–Crippen LogP) is 6.93. The molecule has 1 N–H and O–H groups in total. The van der Waals surface area contributed by atoms with Crippen molar-refractivity contribution in [1.82, 2.24) is 5.32 Å². The summed E-state index contributed by atoms with van der Waals surface area (Å²) in [6.07, 6.45) is 19.2. The fraction of sp³-hybridized carbons (Fsp3) is 0.917. The molecule has 0 aromatic carbocycles. The standard InChI is InChI=1S/C24H47NO4/c1-3-5-6-7-8-9-10-11-12-13-14-18-22-28-23(26)19-16-15-17-20-25-24(27)29-21-4-2/h3-22H2,1-2H3,(H,25,27). The number of nitrogens with one attached hydrogen (secondary N) is 1. The van der Waals surface area contributed by atoms with E-state index < -0.39 is 0 Å². The van der Waals surface area contributed by atoms with Crippen molar-refractivity contribution in [3.63, 3.8) is 0 Å². The molecule has 0 atom stereocenters. The number of alkyl carbamates (subject to hydrolysis) is 1. The molecule has 0 spiro atoms. The van der Waals surface area contributed by atoms with Crippen molar-refractivity contribution >= 4 is 12.1 Å². The number of ether oxygens (including phenoxy) is 2. The van der Waals surface area contributed by atoms with Gasteiger partial charge < -0.3 is 14.8 Å². The fourth-order valence-corrected chi connectivity index (χ4v) is 3.21. The molecule has 0 aromatic rings. The summed E-state index contributed by atoms with van der Waals surface area (Å²) in [7, 11) is 0. The predicted molar refractivity (Wildman–Crippen MR) is 120 cm³/mol. The normalized spacial score (nSPS) is 10.7. The van der Waals surface area contributed by atoms with E-state index in [1.807, 2.05) is 6.92 Å². The topological polar surface area (TPSA) is 64.6 Å². The quantitative estimate of drug-likeness (QED) is 0.164. The molecule has 0 saturated heterocycles. The summed E-state index contributed by atoms with van der Waals surface area (Å²) in [5.74, 6) is -0.0941. The zero-order valence-electron chi connectivity index (χ0n) is 19.3. The molecule has 0 radical (unpaired) electrons. The third-order valence-corrected chi connectivity index (χ3v) is 5.03. The van der Waals surface area contributed by atoms with Crippen LogP contribution in [0.15, 0.2) is 0 Å². The maximum Gasteiger partial charge on any atom is 0.407 e. The molecule has 0 unspecified atom stereocenters. The molecule has 29 heavy (non-hydrogen) atoms. The highest BCUT2D eigenvalue weighted by Gasteiger charge is 2.03. The van der Waals surface area contributed by atoms with Crippen LogP contribution in [0.5, 0.6) is 0 Å². The summed E-state index contributed by atoms with van der Waals surface area (Å²) >= 11 is 0. The lowest BCUT2D eigenvalue weighted by molar-refractivity contribution is -0.143. The lowest BCUT2D eigenvalue weighted by atomic mass is 10.1. The Balaban J connectivity index is 3.21. The van der Waals surface area contributed by atoms with Gasteiger partial charge in [-0.15, -0.1) is 0 Å². The van der Waals surface area contributed by atoms with Crippen LogP contribution >= 0.6 is 0 Å². The molecule has 0 heterocycles. The van der Waals surface area contributed by atoms with Gasteiger partial charge in [-0.25, -0.2) is 4.79 Å². The van der Waals surface area contributed by atoms with Crippen molar-refractivity contribution < 1.29 is 19.1 Å². The zero-order valence-corrected chi connectivity index (χ0v) is 19.3. The number of rotatable bonds is 21. The van der Waals surface area contributed by atoms with Crippen LogP contribution in [-0.2, 0) is 14.3 Å². The summed E-state index contributed by atoms with van der Waals surface area (Å²) in [6, 6.07) is 0. The Morgan fingerprint density at radius 2 is 1.14 bits per heavy atom. The highest BCUT2D eigenvalue weighted by molar-refractivity contribution is 5.69. The molecule has 1 amide bonds. The fourth-order valence-electron chi connectivity index (χ4n) is 3.21. The highest BCUT2D eigenvalue weighted by atomic mass is 16.5. The molecule has 0 aliphatic carbocycles. The van der Waals surface area contributed by atoms with E-state index in [9.17, 15) is 9.59 Å². The average Bonchev–Trinajstić information content (AvgIpc) is 2.72. The SMILES string of the molecule is CCCCCCCCCCCCCCOC(=O)CCCCCNC(=O)OCCC. The van der Waals surface area contributed by atoms with Gasteiger partial charge in [-0.05, 0) is 25.7 Å². The minimum absolute atomic E-state index is 0.0941. The smallest absolute Gasteiger partial charge is 0.407 e. The molecular weight excluding hydrogens is 366 g/mol. The van der Waals surface area contributed by atoms with Crippen LogP contribution in [0.1, 0.15) is 123 Å². The molecule has 0 rings (SSSR count). The highest BCUT2D eigenvalue weighted by Crippen LogP contribution is 2.12. The first kappa shape index (κ1) is 27.7. The van der Waals surface area contributed by atoms with Crippen molar-refractivity contribution in [3.8, 4) is 0 Å². The Bertz CT molecular complexity index is 374. The third kappa shape index (κ3) is 22.9. The second-order valence-corrected chi connectivity index (χ2v) is 7.98. The first-order valence-corrected chi connectivity index (χ1v) is 12.3. The van der Waals surface area contributed by atoms with Gasteiger partial charge in [0.25, 0.3) is 0 Å². The van der Waals surface area contributed by atoms with Gasteiger partial charge in [0.1, 0.15) is 0 Å². The van der Waals surface area contributed by atoms with Crippen LogP contribution in [0.2, 0.25) is 0 Å². The Morgan fingerprint density at radius 1 is 0.586 bits per heavy atom. The van der Waals surface area contributed by atoms with Gasteiger partial charge >= 0.3 is 12.1 Å². The molecule has 5 nitrogen and oxygen atoms in total. The van der Waals surface area contributed by atoms with Gasteiger partial charge in [0.05, 0.1) is 13.2 Å². The Morgan fingerprint density at radius 3 is 1.72 bits per heavy atom. The first-order chi connectivity index (χ1) is 14.2. The Kier molecular flexibility index (Phi) is 22.0. The second kappa shape index (κ2) is 23.0. The number of carbonyl (C=O) groups excluding carboxylic acids is 2. The molecule has 0 aliphatic rings. The molecule has 0 aliphatic heterocycles. The minimum atomic E-state index is -0.353. The van der Waals surface area contributed by atoms with Gasteiger partial charge in [-0.1, -0.05) is 90.9 Å².